The zero-order valence-corrected chi connectivity index (χ0v) is 22.8. The average Bonchev–Trinajstić information content (AvgIpc) is 3.32. The molecule has 0 spiro atoms. The minimum Gasteiger partial charge on any atom is -0.465 e. The molecule has 4 aromatic rings. The molecule has 2 aromatic heterocycles. The van der Waals surface area contributed by atoms with E-state index in [2.05, 4.69) is 5.16 Å². The molecule has 2 aromatic carbocycles. The predicted octanol–water partition coefficient (Wildman–Crippen LogP) is 5.10. The minimum atomic E-state index is -1.18. The van der Waals surface area contributed by atoms with Gasteiger partial charge in [0.1, 0.15) is 0 Å². The van der Waals surface area contributed by atoms with Gasteiger partial charge in [-0.25, -0.2) is 9.78 Å². The molecule has 196 valence electrons. The van der Waals surface area contributed by atoms with Crippen molar-refractivity contribution < 1.29 is 19.2 Å². The first-order valence-electron chi connectivity index (χ1n) is 11.4. The van der Waals surface area contributed by atoms with Crippen molar-refractivity contribution >= 4 is 63.8 Å². The van der Waals surface area contributed by atoms with Crippen LogP contribution in [-0.2, 0) is 13.0 Å². The largest absolute Gasteiger partial charge is 0.465 e. The maximum atomic E-state index is 13.7. The van der Waals surface area contributed by atoms with Crippen LogP contribution >= 0.6 is 35.0 Å². The first-order chi connectivity index (χ1) is 18.1. The molecule has 1 aliphatic rings. The SMILES string of the molecule is CSc1nc2c(c(=O)n1-c1ccc3c(N(C)C(=O)O)noc3c1)C[C@@H](C)N(C(=O)c1ccc(Cl)c(Cl)c1)C2. The smallest absolute Gasteiger partial charge is 0.412 e. The van der Waals surface area contributed by atoms with E-state index in [1.54, 1.807) is 35.2 Å². The monoisotopic (exact) mass is 573 g/mol. The van der Waals surface area contributed by atoms with Crippen molar-refractivity contribution in [3.63, 3.8) is 0 Å². The Kier molecular flexibility index (Phi) is 6.84. The normalized spacial score (nSPS) is 15.0. The Labute approximate surface area is 230 Å². The molecule has 1 aliphatic heterocycles. The second kappa shape index (κ2) is 9.97. The molecule has 0 fully saturated rings. The van der Waals surface area contributed by atoms with Gasteiger partial charge in [0.2, 0.25) is 0 Å². The molecule has 0 bridgehead atoms. The lowest BCUT2D eigenvalue weighted by Gasteiger charge is -2.34. The molecule has 0 saturated heterocycles. The highest BCUT2D eigenvalue weighted by Crippen LogP contribution is 2.30. The number of rotatable bonds is 4. The van der Waals surface area contributed by atoms with Crippen LogP contribution in [-0.4, -0.2) is 56.1 Å². The summed E-state index contributed by atoms with van der Waals surface area (Å²) < 4.78 is 6.86. The van der Waals surface area contributed by atoms with Crippen molar-refractivity contribution in [2.24, 2.45) is 0 Å². The van der Waals surface area contributed by atoms with Crippen molar-refractivity contribution in [1.82, 2.24) is 19.6 Å². The van der Waals surface area contributed by atoms with Crippen LogP contribution in [0, 0.1) is 0 Å². The summed E-state index contributed by atoms with van der Waals surface area (Å²) in [5, 5.41) is 14.7. The number of aromatic nitrogens is 3. The summed E-state index contributed by atoms with van der Waals surface area (Å²) in [7, 11) is 1.37. The number of amides is 2. The lowest BCUT2D eigenvalue weighted by molar-refractivity contribution is 0.0652. The standard InChI is InChI=1S/C25H21Cl2N5O5S/c1-12-8-16-19(11-31(12)22(33)13-4-7-17(26)18(27)9-13)28-24(38-3)32(23(16)34)14-5-6-15-20(10-14)37-29-21(15)30(2)25(35)36/h4-7,9-10,12H,8,11H2,1-3H3,(H,35,36)/t12-/m1/s1. The summed E-state index contributed by atoms with van der Waals surface area (Å²) in [4.78, 5) is 45.8. The van der Waals surface area contributed by atoms with Crippen LogP contribution in [0.4, 0.5) is 10.6 Å². The fourth-order valence-electron chi connectivity index (χ4n) is 4.45. The van der Waals surface area contributed by atoms with Gasteiger partial charge in [0.05, 0.1) is 33.4 Å². The first kappa shape index (κ1) is 26.1. The topological polar surface area (TPSA) is 122 Å². The molecule has 38 heavy (non-hydrogen) atoms. The first-order valence-corrected chi connectivity index (χ1v) is 13.4. The van der Waals surface area contributed by atoms with Gasteiger partial charge in [-0.2, -0.15) is 0 Å². The van der Waals surface area contributed by atoms with E-state index in [-0.39, 0.29) is 29.9 Å². The second-order valence-corrected chi connectivity index (χ2v) is 10.4. The fourth-order valence-corrected chi connectivity index (χ4v) is 5.32. The number of carboxylic acid groups (broad SMARTS) is 1. The molecule has 0 saturated carbocycles. The summed E-state index contributed by atoms with van der Waals surface area (Å²) in [5.41, 5.74) is 2.06. The molecule has 2 amide bonds. The summed E-state index contributed by atoms with van der Waals surface area (Å²) in [5.74, 6) is -0.0723. The van der Waals surface area contributed by atoms with Crippen molar-refractivity contribution in [3.05, 3.63) is 73.6 Å². The third-order valence-corrected chi connectivity index (χ3v) is 7.87. The number of hydrogen-bond acceptors (Lipinski definition) is 7. The van der Waals surface area contributed by atoms with Gasteiger partial charge in [0.15, 0.2) is 16.6 Å². The van der Waals surface area contributed by atoms with Gasteiger partial charge in [0.25, 0.3) is 11.5 Å². The number of carbonyl (C=O) groups excluding carboxylic acids is 1. The number of hydrogen-bond donors (Lipinski definition) is 1. The number of fused-ring (bicyclic) bond motifs is 2. The molecular formula is C25H21Cl2N5O5S. The zero-order valence-electron chi connectivity index (χ0n) is 20.4. The van der Waals surface area contributed by atoms with Crippen molar-refractivity contribution in [2.45, 2.75) is 31.1 Å². The highest BCUT2D eigenvalue weighted by molar-refractivity contribution is 7.98. The number of carbonyl (C=O) groups is 2. The van der Waals surface area contributed by atoms with E-state index in [4.69, 9.17) is 32.7 Å². The van der Waals surface area contributed by atoms with Gasteiger partial charge in [-0.05, 0) is 49.9 Å². The Morgan fingerprint density at radius 1 is 1.18 bits per heavy atom. The Hall–Kier alpha value is -3.54. The molecule has 1 atom stereocenters. The fraction of sp³-hybridized carbons (Fsp3) is 0.240. The number of nitrogens with zero attached hydrogens (tertiary/aromatic N) is 5. The summed E-state index contributed by atoms with van der Waals surface area (Å²) in [6.45, 7) is 2.05. The van der Waals surface area contributed by atoms with E-state index in [1.807, 2.05) is 13.2 Å². The Morgan fingerprint density at radius 3 is 2.63 bits per heavy atom. The van der Waals surface area contributed by atoms with E-state index in [0.29, 0.717) is 55.1 Å². The summed E-state index contributed by atoms with van der Waals surface area (Å²) >= 11 is 13.4. The molecule has 1 N–H and O–H groups in total. The van der Waals surface area contributed by atoms with Crippen LogP contribution in [0.15, 0.2) is 50.9 Å². The minimum absolute atomic E-state index is 0.153. The third-order valence-electron chi connectivity index (χ3n) is 6.49. The molecular weight excluding hydrogens is 553 g/mol. The van der Waals surface area contributed by atoms with E-state index >= 15 is 0 Å². The molecule has 0 radical (unpaired) electrons. The molecule has 0 aliphatic carbocycles. The Bertz CT molecular complexity index is 1670. The molecule has 0 unspecified atom stereocenters. The van der Waals surface area contributed by atoms with Crippen molar-refractivity contribution in [1.29, 1.82) is 0 Å². The maximum Gasteiger partial charge on any atom is 0.412 e. The average molecular weight is 574 g/mol. The van der Waals surface area contributed by atoms with Crippen molar-refractivity contribution in [2.75, 3.05) is 18.2 Å². The molecule has 5 rings (SSSR count). The molecule has 10 nitrogen and oxygen atoms in total. The van der Waals surface area contributed by atoms with E-state index in [1.165, 1.54) is 29.4 Å². The van der Waals surface area contributed by atoms with Gasteiger partial charge in [-0.3, -0.25) is 19.1 Å². The van der Waals surface area contributed by atoms with Crippen LogP contribution in [0.2, 0.25) is 10.0 Å². The third kappa shape index (κ3) is 4.40. The Morgan fingerprint density at radius 2 is 1.95 bits per heavy atom. The highest BCUT2D eigenvalue weighted by atomic mass is 35.5. The van der Waals surface area contributed by atoms with E-state index < -0.39 is 6.09 Å². The van der Waals surface area contributed by atoms with Crippen LogP contribution < -0.4 is 10.5 Å². The van der Waals surface area contributed by atoms with Gasteiger partial charge < -0.3 is 14.5 Å². The van der Waals surface area contributed by atoms with Gasteiger partial charge in [-0.1, -0.05) is 40.1 Å². The molecule has 13 heteroatoms. The zero-order chi connectivity index (χ0) is 27.3. The van der Waals surface area contributed by atoms with Gasteiger partial charge >= 0.3 is 6.09 Å². The van der Waals surface area contributed by atoms with E-state index in [0.717, 1.165) is 4.90 Å². The number of anilines is 1. The van der Waals surface area contributed by atoms with Crippen LogP contribution in [0.1, 0.15) is 28.5 Å². The van der Waals surface area contributed by atoms with E-state index in [9.17, 15) is 19.5 Å². The van der Waals surface area contributed by atoms with Gasteiger partial charge in [0, 0.05) is 30.3 Å². The van der Waals surface area contributed by atoms with Crippen LogP contribution in [0.3, 0.4) is 0 Å². The summed E-state index contributed by atoms with van der Waals surface area (Å²) in [6.07, 6.45) is 0.952. The quantitative estimate of drug-likeness (QED) is 0.264. The molecule has 3 heterocycles. The number of thioether (sulfide) groups is 1. The highest BCUT2D eigenvalue weighted by Gasteiger charge is 2.32. The maximum absolute atomic E-state index is 13.7. The van der Waals surface area contributed by atoms with Crippen LogP contribution in [0.25, 0.3) is 16.7 Å². The predicted molar refractivity (Wildman–Crippen MR) is 145 cm³/mol. The Balaban J connectivity index is 1.54. The van der Waals surface area contributed by atoms with Gasteiger partial charge in [-0.15, -0.1) is 0 Å². The van der Waals surface area contributed by atoms with Crippen LogP contribution in [0.5, 0.6) is 0 Å². The number of halogens is 2. The second-order valence-electron chi connectivity index (χ2n) is 8.81. The van der Waals surface area contributed by atoms with Crippen molar-refractivity contribution in [3.8, 4) is 5.69 Å². The lowest BCUT2D eigenvalue weighted by atomic mass is 9.98. The summed E-state index contributed by atoms with van der Waals surface area (Å²) in [6, 6.07) is 9.45. The number of benzene rings is 2. The lowest BCUT2D eigenvalue weighted by Crippen LogP contribution is -2.46.